The van der Waals surface area contributed by atoms with E-state index in [1.54, 1.807) is 0 Å². The van der Waals surface area contributed by atoms with Gasteiger partial charge in [0.1, 0.15) is 9.84 Å². The van der Waals surface area contributed by atoms with Gasteiger partial charge in [-0.1, -0.05) is 13.3 Å². The van der Waals surface area contributed by atoms with Crippen molar-refractivity contribution in [3.8, 4) is 0 Å². The average Bonchev–Trinajstić information content (AvgIpc) is 2.65. The van der Waals surface area contributed by atoms with E-state index in [9.17, 15) is 8.42 Å². The molecule has 0 aliphatic heterocycles. The van der Waals surface area contributed by atoms with Crippen molar-refractivity contribution in [2.24, 2.45) is 11.7 Å². The molecule has 5 heteroatoms. The normalized spacial score (nSPS) is 26.5. The molecule has 0 aromatic carbocycles. The third-order valence-electron chi connectivity index (χ3n) is 3.55. The van der Waals surface area contributed by atoms with Gasteiger partial charge in [0.25, 0.3) is 0 Å². The topological polar surface area (TPSA) is 63.4 Å². The zero-order valence-electron chi connectivity index (χ0n) is 10.4. The molecule has 1 saturated carbocycles. The van der Waals surface area contributed by atoms with Crippen molar-refractivity contribution in [1.82, 2.24) is 4.90 Å². The van der Waals surface area contributed by atoms with E-state index >= 15 is 0 Å². The lowest BCUT2D eigenvalue weighted by molar-refractivity contribution is 0.180. The van der Waals surface area contributed by atoms with E-state index in [0.29, 0.717) is 18.5 Å². The van der Waals surface area contributed by atoms with Gasteiger partial charge in [0.05, 0.1) is 5.75 Å². The second-order valence-corrected chi connectivity index (χ2v) is 7.01. The van der Waals surface area contributed by atoms with Crippen LogP contribution in [0.2, 0.25) is 0 Å². The van der Waals surface area contributed by atoms with Gasteiger partial charge < -0.3 is 5.73 Å². The van der Waals surface area contributed by atoms with Crippen molar-refractivity contribution < 1.29 is 8.42 Å². The highest BCUT2D eigenvalue weighted by Gasteiger charge is 2.30. The van der Waals surface area contributed by atoms with Crippen LogP contribution >= 0.6 is 0 Å². The van der Waals surface area contributed by atoms with Gasteiger partial charge in [0.2, 0.25) is 0 Å². The number of nitrogens with zero attached hydrogens (tertiary/aromatic N) is 1. The molecule has 0 aromatic heterocycles. The largest absolute Gasteiger partial charge is 0.330 e. The molecule has 16 heavy (non-hydrogen) atoms. The number of rotatable bonds is 6. The van der Waals surface area contributed by atoms with E-state index in [1.165, 1.54) is 25.5 Å². The minimum Gasteiger partial charge on any atom is -0.330 e. The van der Waals surface area contributed by atoms with Crippen molar-refractivity contribution in [3.63, 3.8) is 0 Å². The maximum absolute atomic E-state index is 11.2. The van der Waals surface area contributed by atoms with Crippen LogP contribution in [0.5, 0.6) is 0 Å². The molecule has 0 heterocycles. The molecular weight excluding hydrogens is 224 g/mol. The van der Waals surface area contributed by atoms with Gasteiger partial charge in [-0.2, -0.15) is 0 Å². The molecule has 0 radical (unpaired) electrons. The first-order chi connectivity index (χ1) is 7.48. The molecule has 1 fully saturated rings. The smallest absolute Gasteiger partial charge is 0.148 e. The third-order valence-corrected chi connectivity index (χ3v) is 4.47. The van der Waals surface area contributed by atoms with E-state index in [2.05, 4.69) is 11.8 Å². The number of hydrogen-bond donors (Lipinski definition) is 1. The van der Waals surface area contributed by atoms with Crippen LogP contribution in [-0.4, -0.2) is 51.0 Å². The molecule has 0 amide bonds. The van der Waals surface area contributed by atoms with E-state index in [1.807, 2.05) is 0 Å². The Morgan fingerprint density at radius 3 is 2.56 bits per heavy atom. The van der Waals surface area contributed by atoms with Crippen molar-refractivity contribution in [2.75, 3.05) is 31.6 Å². The summed E-state index contributed by atoms with van der Waals surface area (Å²) >= 11 is 0. The van der Waals surface area contributed by atoms with Crippen molar-refractivity contribution >= 4 is 9.84 Å². The molecule has 1 aliphatic rings. The number of sulfone groups is 1. The fraction of sp³-hybridized carbons (Fsp3) is 1.00. The third kappa shape index (κ3) is 4.03. The van der Waals surface area contributed by atoms with Crippen molar-refractivity contribution in [3.05, 3.63) is 0 Å². The molecule has 96 valence electrons. The highest BCUT2D eigenvalue weighted by Crippen LogP contribution is 2.28. The molecule has 2 N–H and O–H groups in total. The summed E-state index contributed by atoms with van der Waals surface area (Å²) in [4.78, 5) is 2.28. The van der Waals surface area contributed by atoms with E-state index in [-0.39, 0.29) is 5.75 Å². The Kier molecular flexibility index (Phi) is 5.21. The summed E-state index contributed by atoms with van der Waals surface area (Å²) in [5.41, 5.74) is 5.75. The summed E-state index contributed by atoms with van der Waals surface area (Å²) < 4.78 is 22.3. The molecule has 2 atom stereocenters. The summed E-state index contributed by atoms with van der Waals surface area (Å²) in [6.07, 6.45) is 4.88. The zero-order valence-corrected chi connectivity index (χ0v) is 11.2. The molecule has 2 unspecified atom stereocenters. The van der Waals surface area contributed by atoms with Crippen LogP contribution in [0.1, 0.15) is 26.2 Å². The van der Waals surface area contributed by atoms with Gasteiger partial charge in [0, 0.05) is 18.8 Å². The molecule has 1 rings (SSSR count). The van der Waals surface area contributed by atoms with Gasteiger partial charge in [-0.3, -0.25) is 4.90 Å². The summed E-state index contributed by atoms with van der Waals surface area (Å²) in [6, 6.07) is 0.497. The predicted octanol–water partition coefficient (Wildman–Crippen LogP) is 0.480. The lowest BCUT2D eigenvalue weighted by Gasteiger charge is -2.31. The molecule has 0 aromatic rings. The lowest BCUT2D eigenvalue weighted by atomic mass is 10.0. The molecule has 0 bridgehead atoms. The van der Waals surface area contributed by atoms with Crippen LogP contribution in [0.4, 0.5) is 0 Å². The summed E-state index contributed by atoms with van der Waals surface area (Å²) in [6.45, 7) is 4.38. The molecule has 0 saturated heterocycles. The minimum atomic E-state index is -2.86. The highest BCUT2D eigenvalue weighted by molar-refractivity contribution is 7.90. The Balaban J connectivity index is 2.53. The second kappa shape index (κ2) is 5.98. The van der Waals surface area contributed by atoms with Gasteiger partial charge in [0.15, 0.2) is 0 Å². The van der Waals surface area contributed by atoms with Gasteiger partial charge in [-0.15, -0.1) is 0 Å². The number of nitrogens with two attached hydrogens (primary N) is 1. The Morgan fingerprint density at radius 1 is 1.38 bits per heavy atom. The fourth-order valence-electron chi connectivity index (χ4n) is 2.61. The van der Waals surface area contributed by atoms with Crippen LogP contribution in [0.25, 0.3) is 0 Å². The van der Waals surface area contributed by atoms with Crippen LogP contribution in [0.15, 0.2) is 0 Å². The van der Waals surface area contributed by atoms with E-state index in [4.69, 9.17) is 5.73 Å². The van der Waals surface area contributed by atoms with Crippen LogP contribution in [0, 0.1) is 5.92 Å². The van der Waals surface area contributed by atoms with E-state index in [0.717, 1.165) is 13.1 Å². The highest BCUT2D eigenvalue weighted by atomic mass is 32.2. The standard InChI is InChI=1S/C11H24N2O2S/c1-3-13(7-8-16(2,14)15)11-6-4-5-10(11)9-12/h10-11H,3-9,12H2,1-2H3. The second-order valence-electron chi connectivity index (χ2n) is 4.75. The van der Waals surface area contributed by atoms with Gasteiger partial charge in [-0.05, 0) is 31.8 Å². The summed E-state index contributed by atoms with van der Waals surface area (Å²) in [5, 5.41) is 0. The van der Waals surface area contributed by atoms with Gasteiger partial charge >= 0.3 is 0 Å². The Bertz CT molecular complexity index is 303. The summed E-state index contributed by atoms with van der Waals surface area (Å²) in [5.74, 6) is 0.814. The Labute approximate surface area is 99.1 Å². The van der Waals surface area contributed by atoms with Crippen LogP contribution in [0.3, 0.4) is 0 Å². The summed E-state index contributed by atoms with van der Waals surface area (Å²) in [7, 11) is -2.86. The molecule has 4 nitrogen and oxygen atoms in total. The number of hydrogen-bond acceptors (Lipinski definition) is 4. The molecular formula is C11H24N2O2S. The van der Waals surface area contributed by atoms with Crippen LogP contribution in [-0.2, 0) is 9.84 Å². The SMILES string of the molecule is CCN(CCS(C)(=O)=O)C1CCCC1CN. The van der Waals surface area contributed by atoms with Gasteiger partial charge in [-0.25, -0.2) is 8.42 Å². The monoisotopic (exact) mass is 248 g/mol. The van der Waals surface area contributed by atoms with Crippen LogP contribution < -0.4 is 5.73 Å². The minimum absolute atomic E-state index is 0.259. The maximum Gasteiger partial charge on any atom is 0.148 e. The predicted molar refractivity (Wildman–Crippen MR) is 67.1 cm³/mol. The van der Waals surface area contributed by atoms with Crippen molar-refractivity contribution in [1.29, 1.82) is 0 Å². The first kappa shape index (κ1) is 13.9. The lowest BCUT2D eigenvalue weighted by Crippen LogP contribution is -2.42. The van der Waals surface area contributed by atoms with E-state index < -0.39 is 9.84 Å². The molecule has 0 spiro atoms. The molecule has 1 aliphatic carbocycles. The average molecular weight is 248 g/mol. The Hall–Kier alpha value is -0.130. The van der Waals surface area contributed by atoms with Crippen molar-refractivity contribution in [2.45, 2.75) is 32.2 Å². The zero-order chi connectivity index (χ0) is 12.2. The first-order valence-corrected chi connectivity index (χ1v) is 8.15. The quantitative estimate of drug-likeness (QED) is 0.742. The first-order valence-electron chi connectivity index (χ1n) is 6.09. The fourth-order valence-corrected chi connectivity index (χ4v) is 3.18. The Morgan fingerprint density at radius 2 is 2.06 bits per heavy atom. The maximum atomic E-state index is 11.2.